The Bertz CT molecular complexity index is 839. The second kappa shape index (κ2) is 5.55. The summed E-state index contributed by atoms with van der Waals surface area (Å²) in [6.07, 6.45) is 3.51. The van der Waals surface area contributed by atoms with Crippen molar-refractivity contribution in [3.05, 3.63) is 59.4 Å². The van der Waals surface area contributed by atoms with Crippen molar-refractivity contribution in [1.82, 2.24) is 14.4 Å². The second-order valence-corrected chi connectivity index (χ2v) is 4.96. The quantitative estimate of drug-likeness (QED) is 0.808. The highest BCUT2D eigenvalue weighted by molar-refractivity contribution is 6.04. The monoisotopic (exact) mass is 298 g/mol. The van der Waals surface area contributed by atoms with Gasteiger partial charge in [0.1, 0.15) is 23.0 Å². The molecule has 112 valence electrons. The van der Waals surface area contributed by atoms with Crippen LogP contribution >= 0.6 is 0 Å². The first-order valence-corrected chi connectivity index (χ1v) is 6.99. The van der Waals surface area contributed by atoms with E-state index in [1.54, 1.807) is 4.40 Å². The molecule has 6 heteroatoms. The lowest BCUT2D eigenvalue weighted by Crippen LogP contribution is -2.17. The first kappa shape index (κ1) is 14.2. The number of carbonyl (C=O) groups excluding carboxylic acids is 1. The minimum Gasteiger partial charge on any atom is -0.305 e. The Hall–Kier alpha value is -2.76. The van der Waals surface area contributed by atoms with E-state index in [0.29, 0.717) is 23.6 Å². The Balaban J connectivity index is 2.03. The fourth-order valence-electron chi connectivity index (χ4n) is 2.36. The highest BCUT2D eigenvalue weighted by Gasteiger charge is 2.19. The van der Waals surface area contributed by atoms with E-state index in [1.165, 1.54) is 12.1 Å². The molecule has 22 heavy (non-hydrogen) atoms. The third-order valence-corrected chi connectivity index (χ3v) is 3.44. The molecule has 0 aromatic carbocycles. The van der Waals surface area contributed by atoms with Crippen LogP contribution in [0.4, 0.5) is 10.2 Å². The van der Waals surface area contributed by atoms with Crippen molar-refractivity contribution in [2.45, 2.75) is 20.3 Å². The van der Waals surface area contributed by atoms with Gasteiger partial charge in [-0.05, 0) is 37.1 Å². The average molecular weight is 298 g/mol. The van der Waals surface area contributed by atoms with Gasteiger partial charge >= 0.3 is 0 Å². The van der Waals surface area contributed by atoms with Gasteiger partial charge in [-0.3, -0.25) is 9.20 Å². The lowest BCUT2D eigenvalue weighted by Gasteiger charge is -2.06. The van der Waals surface area contributed by atoms with Crippen LogP contribution in [-0.4, -0.2) is 20.3 Å². The van der Waals surface area contributed by atoms with Crippen molar-refractivity contribution >= 4 is 17.4 Å². The summed E-state index contributed by atoms with van der Waals surface area (Å²) in [6.45, 7) is 3.90. The van der Waals surface area contributed by atoms with Crippen LogP contribution in [0.1, 0.15) is 28.7 Å². The Morgan fingerprint density at radius 2 is 2.18 bits per heavy atom. The fourth-order valence-corrected chi connectivity index (χ4v) is 2.36. The summed E-state index contributed by atoms with van der Waals surface area (Å²) >= 11 is 0. The summed E-state index contributed by atoms with van der Waals surface area (Å²) in [5.74, 6) is -0.456. The first-order chi connectivity index (χ1) is 10.6. The molecule has 0 aliphatic heterocycles. The van der Waals surface area contributed by atoms with Gasteiger partial charge in [0.25, 0.3) is 5.91 Å². The molecular weight excluding hydrogens is 283 g/mol. The normalized spacial score (nSPS) is 10.9. The van der Waals surface area contributed by atoms with Gasteiger partial charge < -0.3 is 5.32 Å². The number of anilines is 1. The molecule has 3 aromatic heterocycles. The number of fused-ring (bicyclic) bond motifs is 1. The predicted octanol–water partition coefficient (Wildman–Crippen LogP) is 2.99. The molecule has 1 amide bonds. The minimum atomic E-state index is -0.447. The van der Waals surface area contributed by atoms with Gasteiger partial charge in [0, 0.05) is 6.20 Å². The zero-order valence-corrected chi connectivity index (χ0v) is 12.3. The summed E-state index contributed by atoms with van der Waals surface area (Å²) in [5.41, 5.74) is 2.95. The van der Waals surface area contributed by atoms with E-state index < -0.39 is 5.82 Å². The minimum absolute atomic E-state index is 0.302. The van der Waals surface area contributed by atoms with Gasteiger partial charge in [0.2, 0.25) is 0 Å². The topological polar surface area (TPSA) is 59.3 Å². The van der Waals surface area contributed by atoms with E-state index in [0.717, 1.165) is 17.4 Å². The van der Waals surface area contributed by atoms with Crippen LogP contribution in [0.5, 0.6) is 0 Å². The van der Waals surface area contributed by atoms with Crippen LogP contribution in [0.3, 0.4) is 0 Å². The number of nitrogens with zero attached hydrogens (tertiary/aromatic N) is 3. The van der Waals surface area contributed by atoms with Gasteiger partial charge in [0.15, 0.2) is 0 Å². The predicted molar refractivity (Wildman–Crippen MR) is 81.5 cm³/mol. The summed E-state index contributed by atoms with van der Waals surface area (Å²) in [5, 5.41) is 2.68. The second-order valence-electron chi connectivity index (χ2n) is 4.96. The van der Waals surface area contributed by atoms with Crippen LogP contribution in [0.25, 0.3) is 5.65 Å². The van der Waals surface area contributed by atoms with E-state index in [1.807, 2.05) is 32.2 Å². The Morgan fingerprint density at radius 3 is 2.86 bits per heavy atom. The molecule has 0 atom stereocenters. The number of aryl methyl sites for hydroxylation is 2. The lowest BCUT2D eigenvalue weighted by molar-refractivity contribution is 0.102. The maximum absolute atomic E-state index is 12.9. The van der Waals surface area contributed by atoms with Crippen LogP contribution < -0.4 is 5.32 Å². The summed E-state index contributed by atoms with van der Waals surface area (Å²) in [4.78, 5) is 20.9. The van der Waals surface area contributed by atoms with E-state index in [-0.39, 0.29) is 5.91 Å². The van der Waals surface area contributed by atoms with Crippen molar-refractivity contribution < 1.29 is 9.18 Å². The van der Waals surface area contributed by atoms with Gasteiger partial charge in [-0.2, -0.15) is 0 Å². The van der Waals surface area contributed by atoms with Gasteiger partial charge in [-0.1, -0.05) is 13.0 Å². The molecule has 5 nitrogen and oxygen atoms in total. The number of nitrogens with one attached hydrogen (secondary N) is 1. The van der Waals surface area contributed by atoms with Crippen LogP contribution in [0, 0.1) is 12.7 Å². The number of carbonyl (C=O) groups is 1. The Labute approximate surface area is 126 Å². The SMILES string of the molecule is CCc1nc2c(C)cccn2c1C(=O)Nc1ccc(F)cn1. The van der Waals surface area contributed by atoms with E-state index in [4.69, 9.17) is 0 Å². The highest BCUT2D eigenvalue weighted by atomic mass is 19.1. The zero-order chi connectivity index (χ0) is 15.7. The Morgan fingerprint density at radius 1 is 1.36 bits per heavy atom. The van der Waals surface area contributed by atoms with E-state index >= 15 is 0 Å². The van der Waals surface area contributed by atoms with Crippen LogP contribution in [0.2, 0.25) is 0 Å². The lowest BCUT2D eigenvalue weighted by atomic mass is 10.2. The summed E-state index contributed by atoms with van der Waals surface area (Å²) in [6, 6.07) is 6.50. The van der Waals surface area contributed by atoms with Crippen LogP contribution in [0.15, 0.2) is 36.7 Å². The number of amides is 1. The average Bonchev–Trinajstić information content (AvgIpc) is 2.89. The van der Waals surface area contributed by atoms with Crippen molar-refractivity contribution in [3.8, 4) is 0 Å². The van der Waals surface area contributed by atoms with Crippen molar-refractivity contribution in [1.29, 1.82) is 0 Å². The number of halogens is 1. The van der Waals surface area contributed by atoms with Crippen molar-refractivity contribution in [3.63, 3.8) is 0 Å². The van der Waals surface area contributed by atoms with Gasteiger partial charge in [-0.25, -0.2) is 14.4 Å². The van der Waals surface area contributed by atoms with Gasteiger partial charge in [0.05, 0.1) is 11.9 Å². The molecule has 3 aromatic rings. The third-order valence-electron chi connectivity index (χ3n) is 3.44. The molecule has 0 saturated carbocycles. The molecule has 0 fully saturated rings. The molecule has 3 rings (SSSR count). The third kappa shape index (κ3) is 2.43. The number of aromatic nitrogens is 3. The maximum atomic E-state index is 12.9. The highest BCUT2D eigenvalue weighted by Crippen LogP contribution is 2.18. The molecule has 0 aliphatic rings. The Kier molecular flexibility index (Phi) is 3.58. The molecular formula is C16H15FN4O. The number of imidazole rings is 1. The molecule has 0 spiro atoms. The summed E-state index contributed by atoms with van der Waals surface area (Å²) in [7, 11) is 0. The molecule has 3 heterocycles. The molecule has 0 bridgehead atoms. The fraction of sp³-hybridized carbons (Fsp3) is 0.188. The molecule has 0 unspecified atom stereocenters. The van der Waals surface area contributed by atoms with Gasteiger partial charge in [-0.15, -0.1) is 0 Å². The number of rotatable bonds is 3. The molecule has 1 N–H and O–H groups in total. The summed E-state index contributed by atoms with van der Waals surface area (Å²) < 4.78 is 14.7. The smallest absolute Gasteiger partial charge is 0.275 e. The van der Waals surface area contributed by atoms with Crippen molar-refractivity contribution in [2.24, 2.45) is 0 Å². The standard InChI is InChI=1S/C16H15FN4O/c1-3-12-14(21-8-4-5-10(2)15(21)19-12)16(22)20-13-7-6-11(17)9-18-13/h4-9H,3H2,1-2H3,(H,18,20,22). The van der Waals surface area contributed by atoms with Crippen LogP contribution in [-0.2, 0) is 6.42 Å². The van der Waals surface area contributed by atoms with E-state index in [2.05, 4.69) is 15.3 Å². The molecule has 0 radical (unpaired) electrons. The number of pyridine rings is 2. The van der Waals surface area contributed by atoms with E-state index in [9.17, 15) is 9.18 Å². The number of hydrogen-bond acceptors (Lipinski definition) is 3. The maximum Gasteiger partial charge on any atom is 0.275 e. The molecule has 0 saturated heterocycles. The number of hydrogen-bond donors (Lipinski definition) is 1. The van der Waals surface area contributed by atoms with Crippen molar-refractivity contribution in [2.75, 3.05) is 5.32 Å². The molecule has 0 aliphatic carbocycles. The zero-order valence-electron chi connectivity index (χ0n) is 12.3. The first-order valence-electron chi connectivity index (χ1n) is 6.99. The largest absolute Gasteiger partial charge is 0.305 e.